The van der Waals surface area contributed by atoms with Crippen molar-refractivity contribution in [1.82, 2.24) is 85.1 Å². The van der Waals surface area contributed by atoms with Crippen molar-refractivity contribution in [2.45, 2.75) is 97.5 Å². The predicted molar refractivity (Wildman–Crippen MR) is 483 cm³/mol. The predicted octanol–water partition coefficient (Wildman–Crippen LogP) is 7.01. The molecule has 1 aliphatic carbocycles. The molecule has 1 saturated carbocycles. The Bertz CT molecular complexity index is 3420. The number of likely N-dealkylation sites (N-methyl/N-ethyl adjacent to an activating group) is 1. The number of pyridine rings is 3. The first-order chi connectivity index (χ1) is 55.5. The first kappa shape index (κ1) is 138. The van der Waals surface area contributed by atoms with E-state index in [0.717, 1.165) is 34.1 Å². The molecular formula is C76H146F3N17O20S5. The number of thioether (sulfide) groups is 2. The molecule has 45 heteroatoms. The van der Waals surface area contributed by atoms with Crippen LogP contribution in [0, 0.1) is 11.8 Å². The second kappa shape index (κ2) is 89.8. The summed E-state index contributed by atoms with van der Waals surface area (Å²) < 4.78 is 89.7. The Hall–Kier alpha value is -9.44. The summed E-state index contributed by atoms with van der Waals surface area (Å²) in [6.07, 6.45) is 14.8. The van der Waals surface area contributed by atoms with Crippen molar-refractivity contribution in [2.75, 3.05) is 200 Å². The average Bonchev–Trinajstić information content (AvgIpc) is 1.32. The summed E-state index contributed by atoms with van der Waals surface area (Å²) in [5.41, 5.74) is -2.12. The third-order valence-corrected chi connectivity index (χ3v) is 16.6. The topological polar surface area (TPSA) is 449 Å². The number of aromatic nitrogens is 4. The van der Waals surface area contributed by atoms with E-state index in [4.69, 9.17) is 4.74 Å². The molecule has 12 amide bonds. The number of halogens is 3. The largest absolute Gasteiger partial charge is 0.481 e. The number of ether oxygens (including phenoxy) is 4. The van der Waals surface area contributed by atoms with E-state index in [1.54, 1.807) is 198 Å². The minimum absolute atomic E-state index is 0. The van der Waals surface area contributed by atoms with Crippen LogP contribution in [0.25, 0.3) is 0 Å². The zero-order chi connectivity index (χ0) is 96.5. The first-order valence-electron chi connectivity index (χ1n) is 36.0. The molecule has 0 bridgehead atoms. The lowest BCUT2D eigenvalue weighted by atomic mass is 9.89. The summed E-state index contributed by atoms with van der Waals surface area (Å²) >= 11 is 4.58. The van der Waals surface area contributed by atoms with E-state index in [-0.39, 0.29) is 90.0 Å². The third kappa shape index (κ3) is 103. The van der Waals surface area contributed by atoms with Crippen molar-refractivity contribution >= 4 is 120 Å². The molecule has 4 heterocycles. The van der Waals surface area contributed by atoms with Gasteiger partial charge in [-0.2, -0.15) is 13.2 Å². The van der Waals surface area contributed by atoms with Gasteiger partial charge in [-0.25, -0.2) is 37.5 Å². The third-order valence-electron chi connectivity index (χ3n) is 12.7. The molecule has 1 unspecified atom stereocenters. The number of nitrogens with one attached hydrogen (secondary N) is 7. The molecule has 0 spiro atoms. The van der Waals surface area contributed by atoms with Crippen LogP contribution in [0.3, 0.4) is 0 Å². The number of hydrogen-bond acceptors (Lipinski definition) is 25. The maximum absolute atomic E-state index is 12.0. The van der Waals surface area contributed by atoms with E-state index < -0.39 is 44.2 Å². The van der Waals surface area contributed by atoms with Crippen LogP contribution < -0.4 is 52.5 Å². The number of urea groups is 1. The molecule has 121 heavy (non-hydrogen) atoms. The van der Waals surface area contributed by atoms with Crippen LogP contribution in [-0.4, -0.2) is 326 Å². The van der Waals surface area contributed by atoms with Gasteiger partial charge in [0.1, 0.15) is 22.3 Å². The maximum Gasteiger partial charge on any atom is 0.421 e. The number of amides is 12. The van der Waals surface area contributed by atoms with Crippen molar-refractivity contribution in [3.8, 4) is 5.88 Å². The van der Waals surface area contributed by atoms with Gasteiger partial charge < -0.3 is 89.4 Å². The van der Waals surface area contributed by atoms with E-state index in [2.05, 4.69) is 60.8 Å². The minimum Gasteiger partial charge on any atom is -0.481 e. The van der Waals surface area contributed by atoms with Crippen LogP contribution in [0.4, 0.5) is 32.3 Å². The zero-order valence-electron chi connectivity index (χ0n) is 76.8. The van der Waals surface area contributed by atoms with Crippen LogP contribution in [-0.2, 0) is 88.9 Å². The highest BCUT2D eigenvalue weighted by Crippen LogP contribution is 2.26. The Morgan fingerprint density at radius 2 is 1.12 bits per heavy atom. The summed E-state index contributed by atoms with van der Waals surface area (Å²) in [5, 5.41) is 16.9. The summed E-state index contributed by atoms with van der Waals surface area (Å²) in [7, 11) is 36.2. The Balaban J connectivity index is -0.000000105. The number of methoxy groups -OCH3 is 4. The Morgan fingerprint density at radius 3 is 1.28 bits per heavy atom. The van der Waals surface area contributed by atoms with E-state index in [9.17, 15) is 88.1 Å². The van der Waals surface area contributed by atoms with Crippen LogP contribution in [0.15, 0.2) is 92.6 Å². The number of hydrogen-bond donors (Lipinski definition) is 7. The minimum atomic E-state index is -4.56. The van der Waals surface area contributed by atoms with Crippen LogP contribution in [0.1, 0.15) is 92.6 Å². The fourth-order valence-corrected chi connectivity index (χ4v) is 7.75. The summed E-state index contributed by atoms with van der Waals surface area (Å²) in [5.74, 6) is 1.74. The fraction of sp³-hybridized carbons (Fsp3) is 0.618. The highest BCUT2D eigenvalue weighted by Gasteiger charge is 2.34. The van der Waals surface area contributed by atoms with Gasteiger partial charge >= 0.3 is 24.4 Å². The molecule has 4 aromatic heterocycles. The summed E-state index contributed by atoms with van der Waals surface area (Å²) in [6.45, 7) is 9.03. The van der Waals surface area contributed by atoms with Crippen molar-refractivity contribution in [3.05, 3.63) is 105 Å². The van der Waals surface area contributed by atoms with Gasteiger partial charge in [0.25, 0.3) is 10.8 Å². The highest BCUT2D eigenvalue weighted by molar-refractivity contribution is 8.12. The standard InChI is InChI=1S/C8H15NO.C7H6F3NO.2C6H7NO.C5H11NO2S.C5H11NO2.2C5H11NO.C4H10N2O.C4H9NO2.C4H9NOS.C4H9NO.C4H5NS2.C3H7NO2.C3H7NO.C2H7NO2S.CH4/c1-9-8(10)7-5-3-2-4-6-7;1-11-4-2-3-5(6(11)12)7(8,9)10;1-8-6-4-2-3-5-7-6;1-7-5-3-2-4-6(7)8;1-6(2)5(7)4-9(3)8;1-6(2)5(7)4-8-3;1-4-5(7)6(2)3;1-4(2)5(7)6-3;1-5-4(7)6(2)3;2*1-5(2)4(6)7-3;1-3-4(6)5-2;1-6-4-5-2-3-7-4;1-4-3(5)6-2;1-3(5)4-2;1-3-6(2,4)5;/h7H,2-6H2,1H3,(H,9,10);2-4H,1H3;2*2-5H,1H3;4H2,1-3H3;4H2,1-3H3;4H2,1-3H3;4H,1-3H3,(H,6,7);1-3H3,(H,5,7);2*1-3H3;3H2,1-2H3,(H,5,6);2-3H,1H3;1-2H3,(H,4,5);1-2H3,(H,4,5);3H,1-2H3;1H4. The Morgan fingerprint density at radius 1 is 0.628 bits per heavy atom. The van der Waals surface area contributed by atoms with E-state index >= 15 is 0 Å². The maximum atomic E-state index is 12.0. The SMILES string of the molecule is C.CCC(=O)N(C)C.CCC(=O)NC.CN(C)C(=O)CS(C)=O.CNC(=O)C(C)C.CNC(=O)C1CCCCC1.CNC(=O)N(C)C.CNC(=O)OC.CNC(C)=O.CNS(C)(=O)=O.COC(=O)N(C)C.COCC(=O)N(C)C.COc1ccccn1.CSC(=O)N(C)C.CSc1nccs1.Cn1cccc(C(F)(F)F)c1=O.Cn1ccccc1=O. The number of carbonyl (C=O) groups is 11. The lowest BCUT2D eigenvalue weighted by Crippen LogP contribution is -2.31. The molecule has 0 saturated heterocycles. The molecular weight excluding hydrogens is 1690 g/mol. The molecule has 5 rings (SSSR count). The Labute approximate surface area is 733 Å². The van der Waals surface area contributed by atoms with Gasteiger partial charge in [-0.15, -0.1) is 11.3 Å². The number of sulfonamides is 1. The van der Waals surface area contributed by atoms with Gasteiger partial charge in [0.05, 0.1) is 27.6 Å². The van der Waals surface area contributed by atoms with Crippen molar-refractivity contribution in [1.29, 1.82) is 0 Å². The lowest BCUT2D eigenvalue weighted by molar-refractivity contribution is -0.139. The van der Waals surface area contributed by atoms with Gasteiger partial charge in [0.15, 0.2) is 0 Å². The number of nitrogens with zero attached hydrogens (tertiary/aromatic N) is 10. The number of carbonyl (C=O) groups excluding carboxylic acids is 11. The molecule has 1 atom stereocenters. The molecule has 37 nitrogen and oxygen atoms in total. The van der Waals surface area contributed by atoms with Gasteiger partial charge in [-0.3, -0.25) is 52.2 Å². The Kier molecular flexibility index (Phi) is 102. The highest BCUT2D eigenvalue weighted by atomic mass is 32.2. The van der Waals surface area contributed by atoms with E-state index in [0.29, 0.717) is 24.6 Å². The van der Waals surface area contributed by atoms with Gasteiger partial charge in [-0.05, 0) is 56.7 Å². The molecule has 706 valence electrons. The number of rotatable bonds is 11. The average molecular weight is 1840 g/mol. The van der Waals surface area contributed by atoms with Gasteiger partial charge in [-0.1, -0.05) is 90.0 Å². The van der Waals surface area contributed by atoms with Crippen molar-refractivity contribution < 1.29 is 97.5 Å². The van der Waals surface area contributed by atoms with Crippen LogP contribution in [0.2, 0.25) is 0 Å². The quantitative estimate of drug-likeness (QED) is 0.0742. The first-order valence-corrected chi connectivity index (χ1v) is 42.9. The fourth-order valence-electron chi connectivity index (χ4n) is 5.70. The second-order valence-electron chi connectivity index (χ2n) is 24.2. The number of alkyl carbamates (subject to hydrolysis) is 1. The molecule has 0 aliphatic heterocycles. The van der Waals surface area contributed by atoms with Crippen LogP contribution >= 0.6 is 34.9 Å². The number of thiazole rings is 1. The zero-order valence-corrected chi connectivity index (χ0v) is 80.9. The monoisotopic (exact) mass is 1830 g/mol. The van der Waals surface area contributed by atoms with Gasteiger partial charge in [0.2, 0.25) is 62.8 Å². The summed E-state index contributed by atoms with van der Waals surface area (Å²) in [4.78, 5) is 152. The normalized spacial score (nSPS) is 10.1. The molecule has 1 fully saturated rings. The number of aryl methyl sites for hydroxylation is 2. The lowest BCUT2D eigenvalue weighted by Gasteiger charge is -2.19. The molecule has 0 radical (unpaired) electrons. The molecule has 4 aromatic rings. The van der Waals surface area contributed by atoms with Crippen LogP contribution in [0.5, 0.6) is 5.88 Å². The molecule has 7 N–H and O–H groups in total. The van der Waals surface area contributed by atoms with Crippen molar-refractivity contribution in [2.24, 2.45) is 25.9 Å². The van der Waals surface area contributed by atoms with E-state index in [1.165, 1.54) is 129 Å². The van der Waals surface area contributed by atoms with E-state index in [1.807, 2.05) is 63.7 Å². The summed E-state index contributed by atoms with van der Waals surface area (Å²) in [6, 6.07) is 12.5. The molecule has 0 aromatic carbocycles. The molecule has 1 aliphatic rings. The second-order valence-corrected chi connectivity index (χ2v) is 30.3. The number of alkyl halides is 3. The smallest absolute Gasteiger partial charge is 0.421 e. The van der Waals surface area contributed by atoms with Gasteiger partial charge in [0, 0.05) is 239 Å². The van der Waals surface area contributed by atoms with Crippen molar-refractivity contribution in [3.63, 3.8) is 0 Å².